The van der Waals surface area contributed by atoms with Gasteiger partial charge in [-0.25, -0.2) is 4.98 Å². The number of aromatic amines is 1. The van der Waals surface area contributed by atoms with Crippen LogP contribution in [0.15, 0.2) is 35.4 Å². The average Bonchev–Trinajstić information content (AvgIpc) is 2.06. The summed E-state index contributed by atoms with van der Waals surface area (Å²) in [5, 5.41) is 0. The van der Waals surface area contributed by atoms with E-state index in [2.05, 4.69) is 9.97 Å². The van der Waals surface area contributed by atoms with Crippen LogP contribution in [0, 0.1) is 0 Å². The van der Waals surface area contributed by atoms with Crippen LogP contribution in [0.4, 0.5) is 0 Å². The standard InChI is InChI=1S/C8H6N2O/c11-7-3-1-2-6-8(7)10-5-4-9-6/h1-5,9H. The molecule has 0 saturated carbocycles. The van der Waals surface area contributed by atoms with E-state index in [1.165, 1.54) is 6.07 Å². The fourth-order valence-corrected chi connectivity index (χ4v) is 1.01. The Morgan fingerprint density at radius 3 is 3.09 bits per heavy atom. The second kappa shape index (κ2) is 2.20. The zero-order valence-electron chi connectivity index (χ0n) is 5.74. The van der Waals surface area contributed by atoms with Crippen LogP contribution in [-0.2, 0) is 0 Å². The second-order valence-electron chi connectivity index (χ2n) is 2.24. The fraction of sp³-hybridized carbons (Fsp3) is 0. The topological polar surface area (TPSA) is 45.8 Å². The molecule has 0 spiro atoms. The molecule has 0 aromatic carbocycles. The Bertz CT molecular complexity index is 394. The minimum Gasteiger partial charge on any atom is -0.358 e. The molecular formula is C8H6N2O. The molecule has 2 rings (SSSR count). The maximum atomic E-state index is 11.1. The molecule has 3 heteroatoms. The number of nitrogens with one attached hydrogen (secondary N) is 1. The van der Waals surface area contributed by atoms with Crippen molar-refractivity contribution in [3.63, 3.8) is 0 Å². The van der Waals surface area contributed by atoms with Gasteiger partial charge < -0.3 is 4.98 Å². The molecule has 0 atom stereocenters. The van der Waals surface area contributed by atoms with Crippen molar-refractivity contribution in [2.75, 3.05) is 0 Å². The highest BCUT2D eigenvalue weighted by Gasteiger charge is 2.03. The van der Waals surface area contributed by atoms with Gasteiger partial charge in [-0.2, -0.15) is 0 Å². The third-order valence-corrected chi connectivity index (χ3v) is 1.52. The molecule has 1 heterocycles. The number of hydrogen-bond acceptors (Lipinski definition) is 2. The van der Waals surface area contributed by atoms with Gasteiger partial charge in [-0.1, -0.05) is 6.07 Å². The molecule has 0 bridgehead atoms. The van der Waals surface area contributed by atoms with Gasteiger partial charge in [-0.15, -0.1) is 0 Å². The molecule has 0 radical (unpaired) electrons. The van der Waals surface area contributed by atoms with E-state index in [0.717, 1.165) is 5.69 Å². The van der Waals surface area contributed by atoms with Crippen LogP contribution < -0.4 is 5.43 Å². The average molecular weight is 146 g/mol. The molecule has 0 amide bonds. The van der Waals surface area contributed by atoms with Gasteiger partial charge in [0.25, 0.3) is 0 Å². The Hall–Kier alpha value is -1.64. The Morgan fingerprint density at radius 2 is 2.27 bits per heavy atom. The first kappa shape index (κ1) is 6.09. The first-order valence-electron chi connectivity index (χ1n) is 3.30. The number of para-hydroxylation sites is 1. The number of benzene rings is 1. The van der Waals surface area contributed by atoms with Gasteiger partial charge in [-0.05, 0) is 12.1 Å². The summed E-state index contributed by atoms with van der Waals surface area (Å²) in [6.45, 7) is 0. The molecular weight excluding hydrogens is 140 g/mol. The lowest BCUT2D eigenvalue weighted by Gasteiger charge is -1.99. The van der Waals surface area contributed by atoms with Crippen molar-refractivity contribution in [1.29, 1.82) is 0 Å². The van der Waals surface area contributed by atoms with Gasteiger partial charge in [0.2, 0.25) is 5.43 Å². The van der Waals surface area contributed by atoms with Crippen molar-refractivity contribution in [3.8, 4) is 11.4 Å². The number of fused-ring (bicyclic) bond motifs is 1. The number of rotatable bonds is 0. The predicted octanol–water partition coefficient (Wildman–Crippen LogP) is 0.875. The highest BCUT2D eigenvalue weighted by atomic mass is 16.1. The molecule has 1 N–H and O–H groups in total. The Morgan fingerprint density at radius 1 is 1.36 bits per heavy atom. The zero-order chi connectivity index (χ0) is 7.68. The van der Waals surface area contributed by atoms with E-state index in [1.807, 2.05) is 6.07 Å². The molecule has 0 fully saturated rings. The maximum Gasteiger partial charge on any atom is 0.206 e. The summed E-state index contributed by atoms with van der Waals surface area (Å²) >= 11 is 0. The van der Waals surface area contributed by atoms with Gasteiger partial charge in [0.05, 0.1) is 5.69 Å². The normalized spacial score (nSPS) is 10.2. The SMILES string of the molecule is O=c1cccc2[nH]ccnc1-2. The van der Waals surface area contributed by atoms with Gasteiger partial charge >= 0.3 is 0 Å². The molecule has 0 saturated heterocycles. The lowest BCUT2D eigenvalue weighted by atomic mass is 10.2. The molecule has 1 aliphatic heterocycles. The van der Waals surface area contributed by atoms with Gasteiger partial charge in [0, 0.05) is 12.4 Å². The quantitative estimate of drug-likeness (QED) is 0.599. The summed E-state index contributed by atoms with van der Waals surface area (Å²) in [5.74, 6) is 0. The molecule has 54 valence electrons. The third kappa shape index (κ3) is 0.902. The van der Waals surface area contributed by atoms with Crippen LogP contribution in [-0.4, -0.2) is 9.97 Å². The minimum atomic E-state index is -0.0423. The van der Waals surface area contributed by atoms with Gasteiger partial charge in [-0.3, -0.25) is 4.79 Å². The van der Waals surface area contributed by atoms with Crippen LogP contribution >= 0.6 is 0 Å². The number of aromatic nitrogens is 2. The van der Waals surface area contributed by atoms with E-state index in [9.17, 15) is 4.79 Å². The Balaban J connectivity index is 2.90. The monoisotopic (exact) mass is 146 g/mol. The van der Waals surface area contributed by atoms with Crippen molar-refractivity contribution >= 4 is 0 Å². The van der Waals surface area contributed by atoms with Crippen LogP contribution in [0.2, 0.25) is 0 Å². The van der Waals surface area contributed by atoms with Crippen molar-refractivity contribution in [3.05, 3.63) is 40.8 Å². The van der Waals surface area contributed by atoms with Crippen LogP contribution in [0.1, 0.15) is 0 Å². The van der Waals surface area contributed by atoms with Crippen molar-refractivity contribution in [1.82, 2.24) is 9.97 Å². The molecule has 1 aliphatic carbocycles. The second-order valence-corrected chi connectivity index (χ2v) is 2.24. The van der Waals surface area contributed by atoms with E-state index >= 15 is 0 Å². The third-order valence-electron chi connectivity index (χ3n) is 1.52. The first-order chi connectivity index (χ1) is 5.38. The summed E-state index contributed by atoms with van der Waals surface area (Å²) in [4.78, 5) is 18.0. The largest absolute Gasteiger partial charge is 0.358 e. The van der Waals surface area contributed by atoms with Crippen molar-refractivity contribution in [2.45, 2.75) is 0 Å². The van der Waals surface area contributed by atoms with Gasteiger partial charge in [0.1, 0.15) is 5.69 Å². The first-order valence-corrected chi connectivity index (χ1v) is 3.30. The number of hydrogen-bond donors (Lipinski definition) is 1. The van der Waals surface area contributed by atoms with Crippen LogP contribution in [0.5, 0.6) is 0 Å². The molecule has 3 nitrogen and oxygen atoms in total. The van der Waals surface area contributed by atoms with E-state index < -0.39 is 0 Å². The van der Waals surface area contributed by atoms with E-state index in [0.29, 0.717) is 5.69 Å². The molecule has 0 aromatic heterocycles. The minimum absolute atomic E-state index is 0.0423. The Kier molecular flexibility index (Phi) is 1.22. The van der Waals surface area contributed by atoms with E-state index in [4.69, 9.17) is 0 Å². The van der Waals surface area contributed by atoms with Gasteiger partial charge in [0.15, 0.2) is 0 Å². The summed E-state index contributed by atoms with van der Waals surface area (Å²) in [7, 11) is 0. The highest BCUT2D eigenvalue weighted by Crippen LogP contribution is 2.07. The van der Waals surface area contributed by atoms with E-state index in [-0.39, 0.29) is 5.43 Å². The Labute approximate surface area is 63.1 Å². The van der Waals surface area contributed by atoms with Crippen LogP contribution in [0.3, 0.4) is 0 Å². The summed E-state index contributed by atoms with van der Waals surface area (Å²) in [5.41, 5.74) is 1.23. The molecule has 11 heavy (non-hydrogen) atoms. The molecule has 2 aliphatic rings. The van der Waals surface area contributed by atoms with Crippen LogP contribution in [0.25, 0.3) is 11.4 Å². The lowest BCUT2D eigenvalue weighted by molar-refractivity contribution is 1.18. The predicted molar refractivity (Wildman–Crippen MR) is 41.5 cm³/mol. The molecule has 0 aromatic rings. The van der Waals surface area contributed by atoms with E-state index in [1.54, 1.807) is 18.5 Å². The summed E-state index contributed by atoms with van der Waals surface area (Å²) in [6, 6.07) is 5.04. The number of H-pyrrole nitrogens is 1. The van der Waals surface area contributed by atoms with Crippen molar-refractivity contribution in [2.24, 2.45) is 0 Å². The zero-order valence-corrected chi connectivity index (χ0v) is 5.74. The summed E-state index contributed by atoms with van der Waals surface area (Å²) < 4.78 is 0. The fourth-order valence-electron chi connectivity index (χ4n) is 1.01. The molecule has 0 unspecified atom stereocenters. The maximum absolute atomic E-state index is 11.1. The lowest BCUT2D eigenvalue weighted by Crippen LogP contribution is -2.06. The smallest absolute Gasteiger partial charge is 0.206 e. The summed E-state index contributed by atoms with van der Waals surface area (Å²) in [6.07, 6.45) is 3.27. The number of nitrogens with zero attached hydrogens (tertiary/aromatic N) is 1. The highest BCUT2D eigenvalue weighted by molar-refractivity contribution is 5.54. The van der Waals surface area contributed by atoms with Crippen molar-refractivity contribution < 1.29 is 0 Å².